The molecule has 0 aliphatic carbocycles. The number of anilines is 3. The Balaban J connectivity index is 0.00000182. The number of urea groups is 1. The average Bonchev–Trinajstić information content (AvgIpc) is 3.85. The lowest BCUT2D eigenvalue weighted by Crippen LogP contribution is -2.46. The van der Waals surface area contributed by atoms with Crippen LogP contribution >= 0.6 is 0 Å². The zero-order valence-electron chi connectivity index (χ0n) is 29.0. The average molecular weight is 732 g/mol. The summed E-state index contributed by atoms with van der Waals surface area (Å²) in [5.74, 6) is -0.736. The Labute approximate surface area is 300 Å². The molecule has 7 rings (SSSR count). The summed E-state index contributed by atoms with van der Waals surface area (Å²) in [4.78, 5) is 25.2. The van der Waals surface area contributed by atoms with Gasteiger partial charge in [0.2, 0.25) is 0 Å². The number of piperazine rings is 1. The molecule has 15 nitrogen and oxygen atoms in total. The van der Waals surface area contributed by atoms with Crippen LogP contribution in [-0.2, 0) is 21.6 Å². The van der Waals surface area contributed by atoms with Crippen molar-refractivity contribution in [2.45, 2.75) is 38.3 Å². The molecule has 3 aromatic carbocycles. The first-order chi connectivity index (χ1) is 23.3. The van der Waals surface area contributed by atoms with Crippen LogP contribution in [0.3, 0.4) is 0 Å². The minimum atomic E-state index is -1.23. The van der Waals surface area contributed by atoms with Crippen LogP contribution < -0.4 is 19.4 Å². The number of carbonyl (C=O) groups excluding carboxylic acids is 1. The SMILES string of the molecule is CC(C)N1CCN(c2ccc(N3CCN(c4ccc(OC[C@H]5OC[C@](Cn6cncn6)(c6ccc(F)cc6F)O5)cc4)CC3)cc2)C1=O.O.O.O.O. The van der Waals surface area contributed by atoms with Crippen molar-refractivity contribution >= 4 is 23.1 Å². The summed E-state index contributed by atoms with van der Waals surface area (Å²) in [6, 6.07) is 19.9. The van der Waals surface area contributed by atoms with E-state index in [-0.39, 0.29) is 59.3 Å². The highest BCUT2D eigenvalue weighted by atomic mass is 19.1. The van der Waals surface area contributed by atoms with E-state index in [9.17, 15) is 13.6 Å². The lowest BCUT2D eigenvalue weighted by Gasteiger charge is -2.37. The summed E-state index contributed by atoms with van der Waals surface area (Å²) in [6.45, 7) is 9.31. The smallest absolute Gasteiger partial charge is 0.324 e. The van der Waals surface area contributed by atoms with Crippen molar-refractivity contribution in [2.24, 2.45) is 0 Å². The van der Waals surface area contributed by atoms with E-state index >= 15 is 0 Å². The van der Waals surface area contributed by atoms with E-state index in [0.29, 0.717) is 12.3 Å². The van der Waals surface area contributed by atoms with Gasteiger partial charge in [0.25, 0.3) is 0 Å². The van der Waals surface area contributed by atoms with Crippen LogP contribution in [0.2, 0.25) is 0 Å². The van der Waals surface area contributed by atoms with E-state index in [0.717, 1.165) is 55.9 Å². The van der Waals surface area contributed by atoms with Gasteiger partial charge in [-0.05, 0) is 68.4 Å². The van der Waals surface area contributed by atoms with Crippen LogP contribution in [0.4, 0.5) is 30.6 Å². The zero-order valence-corrected chi connectivity index (χ0v) is 29.0. The third-order valence-corrected chi connectivity index (χ3v) is 9.22. The van der Waals surface area contributed by atoms with Crippen LogP contribution in [0.15, 0.2) is 79.4 Å². The molecule has 52 heavy (non-hydrogen) atoms. The maximum atomic E-state index is 14.9. The van der Waals surface area contributed by atoms with Crippen LogP contribution in [-0.4, -0.2) is 112 Å². The molecule has 0 unspecified atom stereocenters. The number of nitrogens with zero attached hydrogens (tertiary/aromatic N) is 7. The highest BCUT2D eigenvalue weighted by Gasteiger charge is 2.45. The number of aromatic nitrogens is 3. The number of halogens is 2. The standard InChI is InChI=1S/C35H39F2N7O4.4H2O/c1-25(2)43-17-18-44(34(43)45)29-6-4-27(5-7-29)40-13-15-41(16-14-40)28-8-10-30(11-9-28)46-20-33-47-22-35(48-33,21-42-24-38-23-39-42)31-12-3-26(36)19-32(31)37;;;;/h3-12,19,23-25,33H,13-18,20-22H2,1-2H3;4*1H2/t33-,35+;;;;/m0..../s1. The van der Waals surface area contributed by atoms with E-state index in [2.05, 4.69) is 32.0 Å². The second-order valence-corrected chi connectivity index (χ2v) is 12.6. The fraction of sp³-hybridized carbons (Fsp3) is 0.400. The van der Waals surface area contributed by atoms with E-state index in [1.165, 1.54) is 29.5 Å². The van der Waals surface area contributed by atoms with E-state index in [4.69, 9.17) is 14.2 Å². The number of ether oxygens (including phenoxy) is 3. The minimum Gasteiger partial charge on any atom is -0.488 e. The number of benzene rings is 3. The summed E-state index contributed by atoms with van der Waals surface area (Å²) < 4.78 is 48.2. The normalized spacial score (nSPS) is 19.9. The predicted molar refractivity (Wildman–Crippen MR) is 191 cm³/mol. The molecular formula is C35H47F2N7O8. The van der Waals surface area contributed by atoms with Gasteiger partial charge in [-0.2, -0.15) is 5.10 Å². The Morgan fingerprint density at radius 3 is 2.02 bits per heavy atom. The van der Waals surface area contributed by atoms with Gasteiger partial charge >= 0.3 is 6.03 Å². The number of amides is 2. The molecule has 0 saturated carbocycles. The van der Waals surface area contributed by atoms with Crippen LogP contribution in [0.25, 0.3) is 0 Å². The van der Waals surface area contributed by atoms with Crippen molar-refractivity contribution in [3.05, 3.63) is 96.6 Å². The van der Waals surface area contributed by atoms with Crippen molar-refractivity contribution in [3.63, 3.8) is 0 Å². The van der Waals surface area contributed by atoms with Gasteiger partial charge in [-0.25, -0.2) is 23.2 Å². The van der Waals surface area contributed by atoms with Gasteiger partial charge in [-0.15, -0.1) is 0 Å². The van der Waals surface area contributed by atoms with Crippen LogP contribution in [0.1, 0.15) is 19.4 Å². The Morgan fingerprint density at radius 2 is 1.46 bits per heavy atom. The van der Waals surface area contributed by atoms with E-state index in [1.54, 1.807) is 0 Å². The molecule has 284 valence electrons. The maximum Gasteiger partial charge on any atom is 0.324 e. The first kappa shape index (κ1) is 41.5. The lowest BCUT2D eigenvalue weighted by atomic mass is 9.94. The maximum absolute atomic E-state index is 14.9. The van der Waals surface area contributed by atoms with Gasteiger partial charge in [-0.3, -0.25) is 4.90 Å². The van der Waals surface area contributed by atoms with Gasteiger partial charge in [-0.1, -0.05) is 6.07 Å². The molecule has 0 bridgehead atoms. The number of rotatable bonds is 10. The van der Waals surface area contributed by atoms with Gasteiger partial charge in [0.05, 0.1) is 13.2 Å². The molecule has 4 heterocycles. The Morgan fingerprint density at radius 1 is 0.846 bits per heavy atom. The molecule has 2 amide bonds. The second kappa shape index (κ2) is 17.5. The lowest BCUT2D eigenvalue weighted by molar-refractivity contribution is -0.117. The Hall–Kier alpha value is -4.91. The highest BCUT2D eigenvalue weighted by molar-refractivity contribution is 5.94. The first-order valence-corrected chi connectivity index (χ1v) is 16.3. The summed E-state index contributed by atoms with van der Waals surface area (Å²) in [6.07, 6.45) is 2.12. The van der Waals surface area contributed by atoms with Crippen molar-refractivity contribution < 1.29 is 49.7 Å². The van der Waals surface area contributed by atoms with E-state index < -0.39 is 23.5 Å². The van der Waals surface area contributed by atoms with Crippen molar-refractivity contribution in [1.29, 1.82) is 0 Å². The number of carbonyl (C=O) groups is 1. The summed E-state index contributed by atoms with van der Waals surface area (Å²) in [7, 11) is 0. The first-order valence-electron chi connectivity index (χ1n) is 16.3. The highest BCUT2D eigenvalue weighted by Crippen LogP contribution is 2.37. The summed E-state index contributed by atoms with van der Waals surface area (Å²) in [5.41, 5.74) is 2.15. The molecule has 17 heteroatoms. The van der Waals surface area contributed by atoms with Gasteiger partial charge in [0, 0.05) is 74.0 Å². The van der Waals surface area contributed by atoms with Gasteiger partial charge in [0.15, 0.2) is 6.29 Å². The third kappa shape index (κ3) is 8.58. The Bertz CT molecular complexity index is 1710. The molecule has 4 aromatic rings. The summed E-state index contributed by atoms with van der Waals surface area (Å²) >= 11 is 0. The number of hydrogen-bond donors (Lipinski definition) is 0. The molecule has 0 radical (unpaired) electrons. The molecule has 3 aliphatic rings. The molecular weight excluding hydrogens is 684 g/mol. The summed E-state index contributed by atoms with van der Waals surface area (Å²) in [5, 5.41) is 4.13. The van der Waals surface area contributed by atoms with Crippen LogP contribution in [0, 0.1) is 11.6 Å². The van der Waals surface area contributed by atoms with Crippen molar-refractivity contribution in [3.8, 4) is 5.75 Å². The molecule has 8 N–H and O–H groups in total. The second-order valence-electron chi connectivity index (χ2n) is 12.6. The fourth-order valence-electron chi connectivity index (χ4n) is 6.63. The van der Waals surface area contributed by atoms with Gasteiger partial charge in [0.1, 0.15) is 42.2 Å². The monoisotopic (exact) mass is 731 g/mol. The van der Waals surface area contributed by atoms with E-state index in [1.807, 2.05) is 60.0 Å². The predicted octanol–water partition coefficient (Wildman–Crippen LogP) is 1.58. The minimum absolute atomic E-state index is 0. The zero-order chi connectivity index (χ0) is 33.3. The molecule has 1 aromatic heterocycles. The Kier molecular flexibility index (Phi) is 14.0. The molecule has 0 spiro atoms. The van der Waals surface area contributed by atoms with Crippen LogP contribution in [0.5, 0.6) is 5.75 Å². The molecule has 2 atom stereocenters. The fourth-order valence-corrected chi connectivity index (χ4v) is 6.63. The topological polar surface area (TPSA) is 214 Å². The van der Waals surface area contributed by atoms with Crippen molar-refractivity contribution in [2.75, 3.05) is 67.2 Å². The number of hydrogen-bond acceptors (Lipinski definition) is 8. The quantitative estimate of drug-likeness (QED) is 0.233. The molecule has 3 saturated heterocycles. The largest absolute Gasteiger partial charge is 0.488 e. The molecule has 3 fully saturated rings. The van der Waals surface area contributed by atoms with Gasteiger partial charge < -0.3 is 50.8 Å². The third-order valence-electron chi connectivity index (χ3n) is 9.22. The molecule has 3 aliphatic heterocycles. The van der Waals surface area contributed by atoms with Crippen molar-refractivity contribution in [1.82, 2.24) is 19.7 Å².